The number of nitrogens with one attached hydrogen (secondary N) is 2. The summed E-state index contributed by atoms with van der Waals surface area (Å²) in [4.78, 5) is 23.4. The van der Waals surface area contributed by atoms with Gasteiger partial charge in [-0.1, -0.05) is 33.6 Å². The number of carboxylic acids is 1. The molecule has 1 heterocycles. The highest BCUT2D eigenvalue weighted by atomic mass is 16.4. The second-order valence-corrected chi connectivity index (χ2v) is 5.52. The molecule has 19 heavy (non-hydrogen) atoms. The Morgan fingerprint density at radius 2 is 2.11 bits per heavy atom. The number of aliphatic carboxylic acids is 1. The van der Waals surface area contributed by atoms with Crippen molar-refractivity contribution in [2.24, 2.45) is 11.8 Å². The fourth-order valence-corrected chi connectivity index (χ4v) is 2.50. The molecule has 0 bridgehead atoms. The SMILES string of the molecule is CCC1CCNC(C(=O)NC(C(=O)O)C(C)CC)C1. The van der Waals surface area contributed by atoms with Crippen LogP contribution in [0.2, 0.25) is 0 Å². The van der Waals surface area contributed by atoms with Crippen molar-refractivity contribution in [2.75, 3.05) is 6.54 Å². The molecule has 1 saturated heterocycles. The zero-order valence-electron chi connectivity index (χ0n) is 12.1. The second-order valence-electron chi connectivity index (χ2n) is 5.52. The van der Waals surface area contributed by atoms with Gasteiger partial charge < -0.3 is 15.7 Å². The van der Waals surface area contributed by atoms with Crippen molar-refractivity contribution in [3.8, 4) is 0 Å². The number of hydrogen-bond donors (Lipinski definition) is 3. The van der Waals surface area contributed by atoms with Crippen LogP contribution in [-0.4, -0.2) is 35.6 Å². The van der Waals surface area contributed by atoms with E-state index in [1.165, 1.54) is 0 Å². The standard InChI is InChI=1S/C14H26N2O3/c1-4-9(3)12(14(18)19)16-13(17)11-8-10(5-2)6-7-15-11/h9-12,15H,4-8H2,1-3H3,(H,16,17)(H,18,19). The number of carbonyl (C=O) groups excluding carboxylic acids is 1. The maximum atomic E-state index is 12.2. The molecule has 0 spiro atoms. The minimum atomic E-state index is -0.953. The monoisotopic (exact) mass is 270 g/mol. The van der Waals surface area contributed by atoms with Gasteiger partial charge in [0.2, 0.25) is 5.91 Å². The summed E-state index contributed by atoms with van der Waals surface area (Å²) in [7, 11) is 0. The molecule has 0 aliphatic carbocycles. The van der Waals surface area contributed by atoms with Crippen LogP contribution >= 0.6 is 0 Å². The highest BCUT2D eigenvalue weighted by molar-refractivity contribution is 5.87. The highest BCUT2D eigenvalue weighted by Gasteiger charge is 2.31. The van der Waals surface area contributed by atoms with E-state index in [0.717, 1.165) is 32.2 Å². The van der Waals surface area contributed by atoms with E-state index in [0.29, 0.717) is 5.92 Å². The average molecular weight is 270 g/mol. The lowest BCUT2D eigenvalue weighted by Gasteiger charge is -2.30. The number of rotatable bonds is 6. The minimum Gasteiger partial charge on any atom is -0.480 e. The third-order valence-corrected chi connectivity index (χ3v) is 4.18. The molecule has 1 rings (SSSR count). The fraction of sp³-hybridized carbons (Fsp3) is 0.857. The van der Waals surface area contributed by atoms with Crippen LogP contribution in [0, 0.1) is 11.8 Å². The molecule has 0 radical (unpaired) electrons. The zero-order chi connectivity index (χ0) is 14.4. The molecule has 1 fully saturated rings. The summed E-state index contributed by atoms with van der Waals surface area (Å²) in [5, 5.41) is 15.0. The van der Waals surface area contributed by atoms with E-state index in [-0.39, 0.29) is 17.9 Å². The third kappa shape index (κ3) is 4.49. The largest absolute Gasteiger partial charge is 0.480 e. The van der Waals surface area contributed by atoms with Crippen LogP contribution in [0.4, 0.5) is 0 Å². The lowest BCUT2D eigenvalue weighted by Crippen LogP contribution is -2.54. The van der Waals surface area contributed by atoms with Crippen LogP contribution in [0.25, 0.3) is 0 Å². The first-order valence-electron chi connectivity index (χ1n) is 7.26. The first-order valence-corrected chi connectivity index (χ1v) is 7.26. The number of carboxylic acid groups (broad SMARTS) is 1. The summed E-state index contributed by atoms with van der Waals surface area (Å²) in [5.74, 6) is -0.632. The van der Waals surface area contributed by atoms with Crippen LogP contribution in [0.5, 0.6) is 0 Å². The van der Waals surface area contributed by atoms with Gasteiger partial charge in [-0.3, -0.25) is 4.79 Å². The molecule has 0 aromatic heterocycles. The Morgan fingerprint density at radius 3 is 2.63 bits per heavy atom. The van der Waals surface area contributed by atoms with Gasteiger partial charge in [0.25, 0.3) is 0 Å². The molecule has 0 aromatic carbocycles. The van der Waals surface area contributed by atoms with Gasteiger partial charge in [-0.05, 0) is 31.2 Å². The second kappa shape index (κ2) is 7.48. The summed E-state index contributed by atoms with van der Waals surface area (Å²) in [6, 6.07) is -1.04. The summed E-state index contributed by atoms with van der Waals surface area (Å²) in [5.41, 5.74) is 0. The number of carbonyl (C=O) groups is 2. The molecular weight excluding hydrogens is 244 g/mol. The molecule has 4 unspecified atom stereocenters. The highest BCUT2D eigenvalue weighted by Crippen LogP contribution is 2.19. The molecule has 1 amide bonds. The minimum absolute atomic E-state index is 0.0630. The molecule has 1 aliphatic heterocycles. The molecular formula is C14H26N2O3. The third-order valence-electron chi connectivity index (χ3n) is 4.18. The van der Waals surface area contributed by atoms with Gasteiger partial charge in [-0.25, -0.2) is 4.79 Å². The van der Waals surface area contributed by atoms with Crippen molar-refractivity contribution in [3.05, 3.63) is 0 Å². The molecule has 3 N–H and O–H groups in total. The first-order chi connectivity index (χ1) is 8.99. The van der Waals surface area contributed by atoms with E-state index in [4.69, 9.17) is 0 Å². The Hall–Kier alpha value is -1.10. The first kappa shape index (κ1) is 16.0. The van der Waals surface area contributed by atoms with Crippen molar-refractivity contribution >= 4 is 11.9 Å². The molecule has 5 nitrogen and oxygen atoms in total. The van der Waals surface area contributed by atoms with E-state index in [2.05, 4.69) is 17.6 Å². The predicted molar refractivity (Wildman–Crippen MR) is 73.8 cm³/mol. The maximum Gasteiger partial charge on any atom is 0.326 e. The quantitative estimate of drug-likeness (QED) is 0.681. The molecule has 0 saturated carbocycles. The topological polar surface area (TPSA) is 78.4 Å². The molecule has 4 atom stereocenters. The van der Waals surface area contributed by atoms with Gasteiger partial charge in [0.05, 0.1) is 6.04 Å². The lowest BCUT2D eigenvalue weighted by molar-refractivity contribution is -0.143. The Balaban J connectivity index is 2.58. The zero-order valence-corrected chi connectivity index (χ0v) is 12.1. The lowest BCUT2D eigenvalue weighted by atomic mass is 9.89. The Kier molecular flexibility index (Phi) is 6.28. The Labute approximate surface area is 115 Å². The van der Waals surface area contributed by atoms with E-state index < -0.39 is 12.0 Å². The van der Waals surface area contributed by atoms with Crippen LogP contribution in [-0.2, 0) is 9.59 Å². The molecule has 1 aliphatic rings. The van der Waals surface area contributed by atoms with Gasteiger partial charge >= 0.3 is 5.97 Å². The predicted octanol–water partition coefficient (Wildman–Crippen LogP) is 1.38. The van der Waals surface area contributed by atoms with Crippen molar-refractivity contribution in [3.63, 3.8) is 0 Å². The molecule has 110 valence electrons. The normalized spacial score (nSPS) is 26.5. The Bertz CT molecular complexity index is 320. The van der Waals surface area contributed by atoms with Crippen LogP contribution in [0.15, 0.2) is 0 Å². The van der Waals surface area contributed by atoms with Gasteiger partial charge in [-0.15, -0.1) is 0 Å². The van der Waals surface area contributed by atoms with Crippen LogP contribution < -0.4 is 10.6 Å². The van der Waals surface area contributed by atoms with Crippen molar-refractivity contribution in [2.45, 2.75) is 58.5 Å². The molecule has 0 aromatic rings. The van der Waals surface area contributed by atoms with Crippen molar-refractivity contribution < 1.29 is 14.7 Å². The fourth-order valence-electron chi connectivity index (χ4n) is 2.50. The van der Waals surface area contributed by atoms with Crippen molar-refractivity contribution in [1.29, 1.82) is 0 Å². The number of piperidine rings is 1. The van der Waals surface area contributed by atoms with Gasteiger partial charge in [-0.2, -0.15) is 0 Å². The summed E-state index contributed by atoms with van der Waals surface area (Å²) >= 11 is 0. The van der Waals surface area contributed by atoms with Crippen LogP contribution in [0.3, 0.4) is 0 Å². The number of amides is 1. The van der Waals surface area contributed by atoms with Gasteiger partial charge in [0.15, 0.2) is 0 Å². The Morgan fingerprint density at radius 1 is 1.42 bits per heavy atom. The van der Waals surface area contributed by atoms with Crippen molar-refractivity contribution in [1.82, 2.24) is 10.6 Å². The smallest absolute Gasteiger partial charge is 0.326 e. The number of hydrogen-bond acceptors (Lipinski definition) is 3. The summed E-state index contributed by atoms with van der Waals surface area (Å²) < 4.78 is 0. The van der Waals surface area contributed by atoms with Gasteiger partial charge in [0, 0.05) is 0 Å². The van der Waals surface area contributed by atoms with E-state index in [1.54, 1.807) is 0 Å². The average Bonchev–Trinajstić information content (AvgIpc) is 2.43. The summed E-state index contributed by atoms with van der Waals surface area (Å²) in [6.07, 6.45) is 3.69. The van der Waals surface area contributed by atoms with E-state index in [9.17, 15) is 14.7 Å². The van der Waals surface area contributed by atoms with Crippen LogP contribution in [0.1, 0.15) is 46.5 Å². The van der Waals surface area contributed by atoms with E-state index in [1.807, 2.05) is 13.8 Å². The van der Waals surface area contributed by atoms with Gasteiger partial charge in [0.1, 0.15) is 6.04 Å². The maximum absolute atomic E-state index is 12.2. The summed E-state index contributed by atoms with van der Waals surface area (Å²) in [6.45, 7) is 6.74. The van der Waals surface area contributed by atoms with E-state index >= 15 is 0 Å². The molecule has 5 heteroatoms.